The van der Waals surface area contributed by atoms with Crippen LogP contribution in [0.2, 0.25) is 0 Å². The minimum Gasteiger partial charge on any atom is -0.338 e. The first-order valence-electron chi connectivity index (χ1n) is 4.79. The fourth-order valence-electron chi connectivity index (χ4n) is 1.13. The van der Waals surface area contributed by atoms with Gasteiger partial charge in [0.1, 0.15) is 0 Å². The van der Waals surface area contributed by atoms with Gasteiger partial charge in [0.05, 0.1) is 0 Å². The van der Waals surface area contributed by atoms with E-state index in [9.17, 15) is 4.79 Å². The third-order valence-electron chi connectivity index (χ3n) is 2.35. The largest absolute Gasteiger partial charge is 0.338 e. The van der Waals surface area contributed by atoms with Gasteiger partial charge in [0.2, 0.25) is 0 Å². The second-order valence-electron chi connectivity index (χ2n) is 3.50. The Morgan fingerprint density at radius 3 is 2.62 bits per heavy atom. The van der Waals surface area contributed by atoms with Crippen molar-refractivity contribution in [3.05, 3.63) is 0 Å². The first-order valence-corrected chi connectivity index (χ1v) is 6.02. The molecule has 0 atom stereocenters. The Morgan fingerprint density at radius 2 is 2.15 bits per heavy atom. The molecule has 0 aromatic carbocycles. The first-order chi connectivity index (χ1) is 6.22. The van der Waals surface area contributed by atoms with Crippen molar-refractivity contribution in [1.29, 1.82) is 0 Å². The third kappa shape index (κ3) is 3.46. The van der Waals surface area contributed by atoms with Gasteiger partial charge in [-0.05, 0) is 25.5 Å². The van der Waals surface area contributed by atoms with Crippen molar-refractivity contribution in [2.75, 3.05) is 19.3 Å². The molecule has 0 unspecified atom stereocenters. The zero-order valence-electron chi connectivity index (χ0n) is 8.35. The third-order valence-corrected chi connectivity index (χ3v) is 3.77. The molecule has 76 valence electrons. The van der Waals surface area contributed by atoms with E-state index in [0.717, 1.165) is 19.5 Å². The molecule has 0 aromatic heterocycles. The van der Waals surface area contributed by atoms with E-state index in [1.807, 2.05) is 18.7 Å². The summed E-state index contributed by atoms with van der Waals surface area (Å²) in [6.45, 7) is 3.62. The molecule has 0 aromatic rings. The number of amides is 2. The maximum absolute atomic E-state index is 11.2. The van der Waals surface area contributed by atoms with Crippen LogP contribution in [0.25, 0.3) is 0 Å². The van der Waals surface area contributed by atoms with E-state index in [4.69, 9.17) is 0 Å². The number of urea groups is 1. The molecule has 0 radical (unpaired) electrons. The molecule has 0 saturated heterocycles. The van der Waals surface area contributed by atoms with E-state index in [1.54, 1.807) is 0 Å². The molecule has 2 amide bonds. The van der Waals surface area contributed by atoms with E-state index < -0.39 is 0 Å². The Balaban J connectivity index is 2.08. The average Bonchev–Trinajstić information content (AvgIpc) is 2.92. The van der Waals surface area contributed by atoms with Crippen LogP contribution in [0.3, 0.4) is 0 Å². The monoisotopic (exact) mass is 202 g/mol. The van der Waals surface area contributed by atoms with Crippen LogP contribution >= 0.6 is 11.8 Å². The number of thioether (sulfide) groups is 1. The van der Waals surface area contributed by atoms with Gasteiger partial charge in [0, 0.05) is 17.8 Å². The summed E-state index contributed by atoms with van der Waals surface area (Å²) in [4.78, 5) is 11.2. The van der Waals surface area contributed by atoms with Crippen molar-refractivity contribution in [1.82, 2.24) is 10.6 Å². The topological polar surface area (TPSA) is 41.1 Å². The summed E-state index contributed by atoms with van der Waals surface area (Å²) in [6.07, 6.45) is 5.57. The molecule has 1 saturated carbocycles. The molecule has 4 heteroatoms. The summed E-state index contributed by atoms with van der Waals surface area (Å²) >= 11 is 1.86. The van der Waals surface area contributed by atoms with E-state index in [1.165, 1.54) is 12.8 Å². The number of rotatable bonds is 5. The number of hydrogen-bond donors (Lipinski definition) is 2. The fraction of sp³-hybridized carbons (Fsp3) is 0.889. The highest BCUT2D eigenvalue weighted by Gasteiger charge is 2.41. The highest BCUT2D eigenvalue weighted by molar-refractivity contribution is 8.00. The summed E-state index contributed by atoms with van der Waals surface area (Å²) in [5.41, 5.74) is 0. The zero-order chi connectivity index (χ0) is 9.73. The number of nitrogens with one attached hydrogen (secondary N) is 2. The smallest absolute Gasteiger partial charge is 0.314 e. The van der Waals surface area contributed by atoms with Crippen molar-refractivity contribution < 1.29 is 4.79 Å². The molecule has 1 aliphatic carbocycles. The van der Waals surface area contributed by atoms with E-state index in [0.29, 0.717) is 4.75 Å². The van der Waals surface area contributed by atoms with Gasteiger partial charge in [-0.25, -0.2) is 4.79 Å². The highest BCUT2D eigenvalue weighted by atomic mass is 32.2. The molecular formula is C9H18N2OS. The quantitative estimate of drug-likeness (QED) is 0.711. The molecule has 0 heterocycles. The number of carbonyl (C=O) groups excluding carboxylic acids is 1. The Kier molecular flexibility index (Phi) is 3.90. The van der Waals surface area contributed by atoms with Crippen molar-refractivity contribution >= 4 is 17.8 Å². The number of hydrogen-bond acceptors (Lipinski definition) is 2. The van der Waals surface area contributed by atoms with Gasteiger partial charge in [-0.3, -0.25) is 0 Å². The lowest BCUT2D eigenvalue weighted by atomic mass is 10.4. The second kappa shape index (κ2) is 4.74. The molecule has 0 spiro atoms. The summed E-state index contributed by atoms with van der Waals surface area (Å²) in [7, 11) is 0. The van der Waals surface area contributed by atoms with E-state index in [2.05, 4.69) is 16.9 Å². The van der Waals surface area contributed by atoms with Crippen LogP contribution in [0.1, 0.15) is 26.2 Å². The summed E-state index contributed by atoms with van der Waals surface area (Å²) < 4.78 is 0.365. The standard InChI is InChI=1S/C9H18N2OS/c1-3-6-10-8(12)11-7-9(13-2)4-5-9/h3-7H2,1-2H3,(H2,10,11,12). The molecular weight excluding hydrogens is 184 g/mol. The second-order valence-corrected chi connectivity index (χ2v) is 4.77. The van der Waals surface area contributed by atoms with Crippen LogP contribution in [0.5, 0.6) is 0 Å². The lowest BCUT2D eigenvalue weighted by Gasteiger charge is -2.13. The zero-order valence-corrected chi connectivity index (χ0v) is 9.17. The Morgan fingerprint density at radius 1 is 1.46 bits per heavy atom. The van der Waals surface area contributed by atoms with Crippen LogP contribution in [0.15, 0.2) is 0 Å². The predicted octanol–water partition coefficient (Wildman–Crippen LogP) is 1.59. The van der Waals surface area contributed by atoms with Crippen molar-refractivity contribution in [2.45, 2.75) is 30.9 Å². The molecule has 0 aliphatic heterocycles. The van der Waals surface area contributed by atoms with Gasteiger partial charge in [-0.2, -0.15) is 11.8 Å². The summed E-state index contributed by atoms with van der Waals surface area (Å²) in [5, 5.41) is 5.70. The summed E-state index contributed by atoms with van der Waals surface area (Å²) in [5.74, 6) is 0. The van der Waals surface area contributed by atoms with E-state index >= 15 is 0 Å². The van der Waals surface area contributed by atoms with Crippen molar-refractivity contribution in [3.8, 4) is 0 Å². The first kappa shape index (κ1) is 10.7. The predicted molar refractivity (Wildman–Crippen MR) is 57.2 cm³/mol. The minimum atomic E-state index is -0.0258. The number of carbonyl (C=O) groups is 1. The van der Waals surface area contributed by atoms with E-state index in [-0.39, 0.29) is 6.03 Å². The van der Waals surface area contributed by atoms with Gasteiger partial charge in [0.25, 0.3) is 0 Å². The van der Waals surface area contributed by atoms with Gasteiger partial charge in [0.15, 0.2) is 0 Å². The lowest BCUT2D eigenvalue weighted by molar-refractivity contribution is 0.241. The highest BCUT2D eigenvalue weighted by Crippen LogP contribution is 2.46. The van der Waals surface area contributed by atoms with Gasteiger partial charge >= 0.3 is 6.03 Å². The molecule has 13 heavy (non-hydrogen) atoms. The van der Waals surface area contributed by atoms with Crippen molar-refractivity contribution in [2.24, 2.45) is 0 Å². The summed E-state index contributed by atoms with van der Waals surface area (Å²) in [6, 6.07) is -0.0258. The van der Waals surface area contributed by atoms with Crippen LogP contribution in [-0.2, 0) is 0 Å². The Labute approximate surface area is 84.0 Å². The van der Waals surface area contributed by atoms with Gasteiger partial charge in [-0.15, -0.1) is 0 Å². The van der Waals surface area contributed by atoms with Gasteiger partial charge in [-0.1, -0.05) is 6.92 Å². The molecule has 3 nitrogen and oxygen atoms in total. The maximum atomic E-state index is 11.2. The Hall–Kier alpha value is -0.380. The van der Waals surface area contributed by atoms with Crippen LogP contribution in [0.4, 0.5) is 4.79 Å². The Bertz CT molecular complexity index is 180. The minimum absolute atomic E-state index is 0.0258. The average molecular weight is 202 g/mol. The van der Waals surface area contributed by atoms with Crippen LogP contribution < -0.4 is 10.6 Å². The molecule has 1 rings (SSSR count). The lowest BCUT2D eigenvalue weighted by Crippen LogP contribution is -2.39. The SMILES string of the molecule is CCCNC(=O)NCC1(SC)CC1. The normalized spacial score (nSPS) is 18.0. The van der Waals surface area contributed by atoms with Crippen LogP contribution in [0, 0.1) is 0 Å². The molecule has 0 bridgehead atoms. The van der Waals surface area contributed by atoms with Crippen LogP contribution in [-0.4, -0.2) is 30.1 Å². The molecule has 2 N–H and O–H groups in total. The van der Waals surface area contributed by atoms with Gasteiger partial charge < -0.3 is 10.6 Å². The fourth-order valence-corrected chi connectivity index (χ4v) is 1.86. The van der Waals surface area contributed by atoms with Crippen molar-refractivity contribution in [3.63, 3.8) is 0 Å². The maximum Gasteiger partial charge on any atom is 0.314 e. The molecule has 1 aliphatic rings. The molecule has 1 fully saturated rings.